The number of nitrogens with two attached hydrogens (primary N) is 1. The molecule has 8 heteroatoms. The number of nitrogens with one attached hydrogen (secondary N) is 2. The zero-order valence-corrected chi connectivity index (χ0v) is 20.5. The van der Waals surface area contributed by atoms with Crippen molar-refractivity contribution in [3.05, 3.63) is 88.3 Å². The minimum absolute atomic E-state index is 0.158. The first kappa shape index (κ1) is 23.3. The Morgan fingerprint density at radius 2 is 1.67 bits per heavy atom. The quantitative estimate of drug-likeness (QED) is 0.369. The Morgan fingerprint density at radius 1 is 0.972 bits per heavy atom. The van der Waals surface area contributed by atoms with E-state index in [2.05, 4.69) is 19.8 Å². The molecule has 0 atom stereocenters. The highest BCUT2D eigenvalue weighted by Crippen LogP contribution is 2.30. The van der Waals surface area contributed by atoms with Crippen LogP contribution in [0.15, 0.2) is 76.6 Å². The smallest absolute Gasteiger partial charge is 0.258 e. The first-order chi connectivity index (χ1) is 17.4. The van der Waals surface area contributed by atoms with Crippen LogP contribution in [-0.2, 0) is 0 Å². The number of aromatic amines is 1. The lowest BCUT2D eigenvalue weighted by molar-refractivity contribution is 0.653. The minimum Gasteiger partial charge on any atom is -0.384 e. The average molecular weight is 480 g/mol. The molecule has 8 nitrogen and oxygen atoms in total. The third-order valence-electron chi connectivity index (χ3n) is 6.59. The molecule has 2 aromatic rings. The van der Waals surface area contributed by atoms with Crippen LogP contribution in [0.4, 0.5) is 22.9 Å². The lowest BCUT2D eigenvalue weighted by Crippen LogP contribution is -2.46. The number of hydrogen-bond acceptors (Lipinski definition) is 7. The van der Waals surface area contributed by atoms with Gasteiger partial charge < -0.3 is 25.9 Å². The third-order valence-corrected chi connectivity index (χ3v) is 6.59. The van der Waals surface area contributed by atoms with Crippen LogP contribution in [0, 0.1) is 5.41 Å². The summed E-state index contributed by atoms with van der Waals surface area (Å²) in [6.07, 6.45) is 1.74. The molecule has 0 amide bonds. The number of aliphatic imine (C=N–C) groups is 1. The second-order valence-corrected chi connectivity index (χ2v) is 9.00. The van der Waals surface area contributed by atoms with Crippen molar-refractivity contribution in [2.75, 3.05) is 41.7 Å². The van der Waals surface area contributed by atoms with Gasteiger partial charge in [-0.25, -0.2) is 4.98 Å². The number of H-pyrrole nitrogens is 1. The fourth-order valence-electron chi connectivity index (χ4n) is 4.76. The Balaban J connectivity index is 1.44. The van der Waals surface area contributed by atoms with E-state index < -0.39 is 0 Å². The van der Waals surface area contributed by atoms with E-state index in [-0.39, 0.29) is 5.56 Å². The molecular formula is C28H29N7O. The van der Waals surface area contributed by atoms with Crippen LogP contribution in [0.3, 0.4) is 0 Å². The number of anilines is 3. The number of pyridine rings is 1. The van der Waals surface area contributed by atoms with E-state index in [1.54, 1.807) is 13.1 Å². The summed E-state index contributed by atoms with van der Waals surface area (Å²) < 4.78 is 0. The predicted octanol–water partition coefficient (Wildman–Crippen LogP) is 4.31. The van der Waals surface area contributed by atoms with Crippen LogP contribution in [0.2, 0.25) is 0 Å². The van der Waals surface area contributed by atoms with E-state index in [4.69, 9.17) is 16.1 Å². The molecule has 1 aliphatic carbocycles. The summed E-state index contributed by atoms with van der Waals surface area (Å²) in [5, 5.41) is 8.27. The van der Waals surface area contributed by atoms with Crippen molar-refractivity contribution in [1.82, 2.24) is 9.97 Å². The first-order valence-corrected chi connectivity index (χ1v) is 12.0. The molecular weight excluding hydrogens is 450 g/mol. The van der Waals surface area contributed by atoms with Crippen LogP contribution in [0.5, 0.6) is 0 Å². The zero-order valence-electron chi connectivity index (χ0n) is 20.5. The lowest BCUT2D eigenvalue weighted by Gasteiger charge is -2.37. The molecule has 4 N–H and O–H groups in total. The van der Waals surface area contributed by atoms with Crippen molar-refractivity contribution < 1.29 is 0 Å². The number of aromatic nitrogens is 2. The molecule has 36 heavy (non-hydrogen) atoms. The molecule has 5 rings (SSSR count). The minimum atomic E-state index is -0.158. The molecule has 0 saturated carbocycles. The van der Waals surface area contributed by atoms with Crippen molar-refractivity contribution >= 4 is 34.3 Å². The molecule has 182 valence electrons. The molecule has 1 fully saturated rings. The van der Waals surface area contributed by atoms with Crippen molar-refractivity contribution in [2.45, 2.75) is 13.8 Å². The highest BCUT2D eigenvalue weighted by atomic mass is 16.1. The monoisotopic (exact) mass is 479 g/mol. The summed E-state index contributed by atoms with van der Waals surface area (Å²) >= 11 is 0. The fourth-order valence-corrected chi connectivity index (χ4v) is 4.76. The van der Waals surface area contributed by atoms with Crippen molar-refractivity contribution in [3.63, 3.8) is 0 Å². The van der Waals surface area contributed by atoms with E-state index in [0.717, 1.165) is 54.4 Å². The first-order valence-electron chi connectivity index (χ1n) is 12.0. The second kappa shape index (κ2) is 9.65. The SMILES string of the molecule is CC(=N)c1ccc(N2CCN(c3ccnc(N)c3)CC2)cc1N=C(C)c1c2cccccc-2[nH]c1=O. The zero-order chi connectivity index (χ0) is 25.2. The normalized spacial score (nSPS) is 14.3. The molecule has 1 aromatic carbocycles. The molecule has 3 heterocycles. The Bertz CT molecular complexity index is 1480. The van der Waals surface area contributed by atoms with Crippen LogP contribution in [0.1, 0.15) is 25.0 Å². The molecule has 1 saturated heterocycles. The molecule has 2 aliphatic heterocycles. The van der Waals surface area contributed by atoms with Crippen LogP contribution in [0.25, 0.3) is 11.3 Å². The molecule has 0 bridgehead atoms. The highest BCUT2D eigenvalue weighted by molar-refractivity contribution is 6.08. The number of piperazine rings is 1. The molecule has 3 aliphatic rings. The van der Waals surface area contributed by atoms with E-state index in [1.165, 1.54) is 0 Å². The van der Waals surface area contributed by atoms with E-state index in [0.29, 0.717) is 28.5 Å². The third kappa shape index (κ3) is 4.57. The maximum absolute atomic E-state index is 12.8. The van der Waals surface area contributed by atoms with E-state index in [1.807, 2.05) is 67.6 Å². The van der Waals surface area contributed by atoms with Crippen molar-refractivity contribution in [2.24, 2.45) is 4.99 Å². The summed E-state index contributed by atoms with van der Waals surface area (Å²) in [6, 6.07) is 19.5. The van der Waals surface area contributed by atoms with Gasteiger partial charge in [-0.05, 0) is 44.2 Å². The van der Waals surface area contributed by atoms with Gasteiger partial charge in [0.1, 0.15) is 5.82 Å². The summed E-state index contributed by atoms with van der Waals surface area (Å²) in [5.74, 6) is 0.524. The standard InChI is InChI=1S/C28H29N7O/c1-18(29)22-9-8-20(34-12-14-35(15-13-34)21-10-11-31-26(30)17-21)16-25(22)32-19(2)27-23-6-4-3-5-7-24(23)33-28(27)36/h3-11,16-17,29H,12-15H2,1-2H3,(H2,30,31)(H,33,36). The van der Waals surface area contributed by atoms with Gasteiger partial charge in [-0.15, -0.1) is 0 Å². The Morgan fingerprint density at radius 3 is 2.36 bits per heavy atom. The summed E-state index contributed by atoms with van der Waals surface area (Å²) in [4.78, 5) is 29.3. The number of hydrogen-bond donors (Lipinski definition) is 3. The van der Waals surface area contributed by atoms with Crippen LogP contribution >= 0.6 is 0 Å². The van der Waals surface area contributed by atoms with Crippen LogP contribution < -0.4 is 21.1 Å². The Hall–Kier alpha value is -4.46. The van der Waals surface area contributed by atoms with Gasteiger partial charge in [0.2, 0.25) is 0 Å². The van der Waals surface area contributed by atoms with Gasteiger partial charge in [0.15, 0.2) is 0 Å². The molecule has 0 radical (unpaired) electrons. The summed E-state index contributed by atoms with van der Waals surface area (Å²) in [6.45, 7) is 7.02. The molecule has 0 unspecified atom stereocenters. The second-order valence-electron chi connectivity index (χ2n) is 9.00. The largest absolute Gasteiger partial charge is 0.384 e. The Labute approximate surface area is 210 Å². The number of nitrogens with zero attached hydrogens (tertiary/aromatic N) is 4. The number of fused-ring (bicyclic) bond motifs is 1. The maximum Gasteiger partial charge on any atom is 0.258 e. The van der Waals surface area contributed by atoms with Gasteiger partial charge in [0.25, 0.3) is 5.56 Å². The van der Waals surface area contributed by atoms with Crippen molar-refractivity contribution in [3.8, 4) is 11.3 Å². The van der Waals surface area contributed by atoms with Gasteiger partial charge in [0, 0.05) is 72.3 Å². The van der Waals surface area contributed by atoms with Gasteiger partial charge in [-0.1, -0.05) is 24.3 Å². The number of nitrogen functional groups attached to an aromatic ring is 1. The van der Waals surface area contributed by atoms with Gasteiger partial charge in [-0.3, -0.25) is 9.79 Å². The lowest BCUT2D eigenvalue weighted by atomic mass is 10.0. The highest BCUT2D eigenvalue weighted by Gasteiger charge is 2.20. The summed E-state index contributed by atoms with van der Waals surface area (Å²) in [5.41, 5.74) is 12.5. The Kier molecular flexibility index (Phi) is 6.25. The van der Waals surface area contributed by atoms with E-state index >= 15 is 0 Å². The topological polar surface area (TPSA) is 114 Å². The maximum atomic E-state index is 12.8. The van der Waals surface area contributed by atoms with Gasteiger partial charge >= 0.3 is 0 Å². The molecule has 1 aromatic heterocycles. The fraction of sp³-hybridized carbons (Fsp3) is 0.214. The van der Waals surface area contributed by atoms with Gasteiger partial charge in [-0.2, -0.15) is 0 Å². The number of rotatable bonds is 5. The van der Waals surface area contributed by atoms with Crippen molar-refractivity contribution in [1.29, 1.82) is 5.41 Å². The van der Waals surface area contributed by atoms with E-state index in [9.17, 15) is 4.79 Å². The predicted molar refractivity (Wildman–Crippen MR) is 148 cm³/mol. The van der Waals surface area contributed by atoms with Crippen LogP contribution in [-0.4, -0.2) is 47.6 Å². The van der Waals surface area contributed by atoms with Gasteiger partial charge in [0.05, 0.1) is 17.0 Å². The summed E-state index contributed by atoms with van der Waals surface area (Å²) in [7, 11) is 0. The number of benzene rings is 1. The molecule has 0 spiro atoms. The average Bonchev–Trinajstić information content (AvgIpc) is 3.02.